The van der Waals surface area contributed by atoms with Crippen molar-refractivity contribution in [2.24, 2.45) is 0 Å². The second-order valence-electron chi connectivity index (χ2n) is 3.65. The highest BCUT2D eigenvalue weighted by atomic mass is 79.9. The Labute approximate surface area is 111 Å². The lowest BCUT2D eigenvalue weighted by Gasteiger charge is -1.98. The van der Waals surface area contributed by atoms with E-state index in [1.54, 1.807) is 30.3 Å². The molecule has 1 aromatic heterocycles. The number of halogens is 4. The summed E-state index contributed by atoms with van der Waals surface area (Å²) in [4.78, 5) is 0.524. The molecule has 5 heteroatoms. The molecule has 1 unspecified atom stereocenters. The summed E-state index contributed by atoms with van der Waals surface area (Å²) in [7, 11) is -1.70. The molecule has 0 nitrogen and oxygen atoms in total. The van der Waals surface area contributed by atoms with Crippen LogP contribution in [0.1, 0.15) is 18.2 Å². The number of benzene rings is 1. The summed E-state index contributed by atoms with van der Waals surface area (Å²) in [6.45, 7) is 1.90. The van der Waals surface area contributed by atoms with Gasteiger partial charge in [0.05, 0.1) is 10.5 Å². The van der Waals surface area contributed by atoms with Crippen LogP contribution in [-0.4, -0.2) is 0 Å². The number of rotatable bonds is 2. The maximum atomic E-state index is 13.0. The molecule has 0 radical (unpaired) electrons. The smallest absolute Gasteiger partial charge is 0.600 e. The molecule has 94 valence electrons. The Kier molecular flexibility index (Phi) is 4.61. The van der Waals surface area contributed by atoms with E-state index in [0.717, 1.165) is 11.8 Å². The molecule has 0 fully saturated rings. The first-order valence-electron chi connectivity index (χ1n) is 5.14. The zero-order chi connectivity index (χ0) is 11.8. The fourth-order valence-corrected chi connectivity index (χ4v) is 3.91. The van der Waals surface area contributed by atoms with Crippen LogP contribution >= 0.6 is 10.5 Å². The van der Waals surface area contributed by atoms with Crippen molar-refractivity contribution in [3.8, 4) is 0 Å². The maximum absolute atomic E-state index is 13.0. The molecule has 0 N–H and O–H groups in total. The van der Waals surface area contributed by atoms with Gasteiger partial charge >= 0.3 is 5.51 Å². The van der Waals surface area contributed by atoms with E-state index in [-0.39, 0.29) is 17.0 Å². The summed E-state index contributed by atoms with van der Waals surface area (Å²) < 4.78 is 39.4. The Morgan fingerprint density at radius 1 is 1.18 bits per heavy atom. The first-order chi connectivity index (χ1) is 7.54. The Morgan fingerprint density at radius 2 is 1.82 bits per heavy atom. The molecule has 0 saturated heterocycles. The first-order valence-corrected chi connectivity index (χ1v) is 6.37. The van der Waals surface area contributed by atoms with Crippen molar-refractivity contribution < 1.29 is 30.2 Å². The van der Waals surface area contributed by atoms with Crippen molar-refractivity contribution in [2.45, 2.75) is 25.3 Å². The molecule has 0 spiro atoms. The van der Waals surface area contributed by atoms with E-state index in [4.69, 9.17) is 0 Å². The molecule has 2 rings (SSSR count). The molecule has 1 heterocycles. The third-order valence-corrected chi connectivity index (χ3v) is 4.57. The van der Waals surface area contributed by atoms with Gasteiger partial charge < -0.3 is 17.0 Å². The minimum Gasteiger partial charge on any atom is -1.00 e. The predicted octanol–water partition coefficient (Wildman–Crippen LogP) is 2.02. The van der Waals surface area contributed by atoms with Crippen LogP contribution in [0, 0.1) is 0 Å². The minimum absolute atomic E-state index is 0. The van der Waals surface area contributed by atoms with Crippen molar-refractivity contribution in [1.29, 1.82) is 0 Å². The molecule has 0 saturated carbocycles. The molecule has 17 heavy (non-hydrogen) atoms. The summed E-state index contributed by atoms with van der Waals surface area (Å²) in [6, 6.07) is 8.50. The zero-order valence-electron chi connectivity index (χ0n) is 9.22. The number of fused-ring (bicyclic) bond motifs is 1. The van der Waals surface area contributed by atoms with Crippen molar-refractivity contribution in [1.82, 2.24) is 0 Å². The van der Waals surface area contributed by atoms with E-state index in [1.165, 1.54) is 0 Å². The van der Waals surface area contributed by atoms with E-state index in [0.29, 0.717) is 16.0 Å². The normalized spacial score (nSPS) is 12.6. The van der Waals surface area contributed by atoms with Gasteiger partial charge in [-0.25, -0.2) is 0 Å². The highest BCUT2D eigenvalue weighted by Crippen LogP contribution is 2.50. The molecular formula is C12H12BrF3S. The van der Waals surface area contributed by atoms with Crippen molar-refractivity contribution in [3.05, 3.63) is 35.2 Å². The fraction of sp³-hybridized carbons (Fsp3) is 0.333. The lowest BCUT2D eigenvalue weighted by Crippen LogP contribution is -3.00. The number of thiophene rings is 1. The van der Waals surface area contributed by atoms with Crippen molar-refractivity contribution in [2.75, 3.05) is 0 Å². The van der Waals surface area contributed by atoms with Crippen LogP contribution in [0.4, 0.5) is 13.2 Å². The van der Waals surface area contributed by atoms with E-state index < -0.39 is 16.0 Å². The van der Waals surface area contributed by atoms with Crippen LogP contribution in [0.15, 0.2) is 30.3 Å². The average molecular weight is 325 g/mol. The van der Waals surface area contributed by atoms with Crippen LogP contribution in [-0.2, 0) is 11.9 Å². The van der Waals surface area contributed by atoms with Crippen LogP contribution in [0.25, 0.3) is 10.1 Å². The minimum atomic E-state index is -4.15. The van der Waals surface area contributed by atoms with Gasteiger partial charge in [-0.1, -0.05) is 19.1 Å². The topological polar surface area (TPSA) is 0 Å². The summed E-state index contributed by atoms with van der Waals surface area (Å²) >= 11 is 0. The molecule has 2 aromatic rings. The molecule has 0 amide bonds. The van der Waals surface area contributed by atoms with Crippen LogP contribution < -0.4 is 17.0 Å². The second-order valence-corrected chi connectivity index (χ2v) is 5.69. The lowest BCUT2D eigenvalue weighted by molar-refractivity contribution is -0.0867. The van der Waals surface area contributed by atoms with Crippen LogP contribution in [0.2, 0.25) is 0 Å². The maximum Gasteiger partial charge on any atom is 0.600 e. The molecule has 0 aliphatic heterocycles. The summed E-state index contributed by atoms with van der Waals surface area (Å²) in [5.41, 5.74) is -4.15. The monoisotopic (exact) mass is 324 g/mol. The molecule has 0 aliphatic carbocycles. The van der Waals surface area contributed by atoms with Crippen LogP contribution in [0.3, 0.4) is 0 Å². The standard InChI is InChI=1S/C12H12F3S.BrH/c1-2-5-10-8-9-6-3-4-7-11(9)16(10)12(13,14)15;/h3-4,6-8H,2,5H2,1H3;1H/q+1;/p-1. The van der Waals surface area contributed by atoms with Gasteiger partial charge in [-0.15, -0.1) is 13.2 Å². The van der Waals surface area contributed by atoms with E-state index in [9.17, 15) is 13.2 Å². The quantitative estimate of drug-likeness (QED) is 0.741. The predicted molar refractivity (Wildman–Crippen MR) is 61.7 cm³/mol. The second kappa shape index (κ2) is 5.40. The van der Waals surface area contributed by atoms with Gasteiger partial charge in [-0.3, -0.25) is 0 Å². The van der Waals surface area contributed by atoms with Crippen molar-refractivity contribution in [3.63, 3.8) is 0 Å². The van der Waals surface area contributed by atoms with Gasteiger partial charge in [-0.05, 0) is 18.6 Å². The SMILES string of the molecule is CCCc1cc2ccccc2[s+]1C(F)(F)F.[Br-]. The number of aryl methyl sites for hydroxylation is 1. The Balaban J connectivity index is 0.00000144. The number of hydrogen-bond donors (Lipinski definition) is 0. The van der Waals surface area contributed by atoms with Gasteiger partial charge in [0.15, 0.2) is 9.58 Å². The average Bonchev–Trinajstić information content (AvgIpc) is 2.55. The Morgan fingerprint density at radius 3 is 2.41 bits per heavy atom. The number of hydrogen-bond acceptors (Lipinski definition) is 0. The fourth-order valence-electron chi connectivity index (χ4n) is 1.85. The van der Waals surface area contributed by atoms with Gasteiger partial charge in [0.1, 0.15) is 0 Å². The molecule has 1 atom stereocenters. The van der Waals surface area contributed by atoms with E-state index >= 15 is 0 Å². The van der Waals surface area contributed by atoms with Crippen molar-refractivity contribution >= 4 is 20.6 Å². The Bertz CT molecular complexity index is 502. The highest BCUT2D eigenvalue weighted by Gasteiger charge is 2.47. The molecular weight excluding hydrogens is 313 g/mol. The van der Waals surface area contributed by atoms with Gasteiger partial charge in [-0.2, -0.15) is 0 Å². The largest absolute Gasteiger partial charge is 1.00 e. The summed E-state index contributed by atoms with van der Waals surface area (Å²) in [6.07, 6.45) is 1.27. The zero-order valence-corrected chi connectivity index (χ0v) is 11.6. The van der Waals surface area contributed by atoms with Crippen LogP contribution in [0.5, 0.6) is 0 Å². The number of alkyl halides is 3. The summed E-state index contributed by atoms with van der Waals surface area (Å²) in [5, 5.41) is 0.728. The third kappa shape index (κ3) is 2.83. The third-order valence-electron chi connectivity index (χ3n) is 2.45. The Hall–Kier alpha value is -0.550. The van der Waals surface area contributed by atoms with Gasteiger partial charge in [0, 0.05) is 17.9 Å². The van der Waals surface area contributed by atoms with E-state index in [1.807, 2.05) is 6.92 Å². The first kappa shape index (κ1) is 14.5. The lowest BCUT2D eigenvalue weighted by atomic mass is 10.2. The highest BCUT2D eigenvalue weighted by molar-refractivity contribution is 7.38. The van der Waals surface area contributed by atoms with Gasteiger partial charge in [0.2, 0.25) is 0 Å². The van der Waals surface area contributed by atoms with E-state index in [2.05, 4.69) is 0 Å². The molecule has 1 aromatic carbocycles. The summed E-state index contributed by atoms with van der Waals surface area (Å²) in [5.74, 6) is 0. The molecule has 0 bridgehead atoms. The van der Waals surface area contributed by atoms with Gasteiger partial charge in [0.25, 0.3) is 0 Å². The molecule has 0 aliphatic rings.